The maximum Gasteiger partial charge on any atom is 0.248 e. The van der Waals surface area contributed by atoms with Gasteiger partial charge in [-0.25, -0.2) is 0 Å². The van der Waals surface area contributed by atoms with Crippen LogP contribution in [0.4, 0.5) is 0 Å². The fourth-order valence-corrected chi connectivity index (χ4v) is 2.25. The third-order valence-electron chi connectivity index (χ3n) is 3.37. The molecule has 0 saturated carbocycles. The summed E-state index contributed by atoms with van der Waals surface area (Å²) in [6.45, 7) is 4.15. The van der Waals surface area contributed by atoms with Crippen LogP contribution in [0.1, 0.15) is 12.5 Å². The van der Waals surface area contributed by atoms with Crippen molar-refractivity contribution in [2.45, 2.75) is 19.1 Å². The molecular weight excluding hydrogens is 299 g/mol. The quantitative estimate of drug-likeness (QED) is 0.906. The second-order valence-corrected chi connectivity index (χ2v) is 6.15. The smallest absolute Gasteiger partial charge is 0.248 e. The van der Waals surface area contributed by atoms with Crippen molar-refractivity contribution in [1.82, 2.24) is 10.2 Å². The largest absolute Gasteiger partial charge is 0.363 e. The first-order valence-corrected chi connectivity index (χ1v) is 7.18. The number of carbonyl (C=O) groups is 1. The van der Waals surface area contributed by atoms with Gasteiger partial charge in [-0.05, 0) is 24.6 Å². The molecule has 1 aromatic rings. The molecule has 1 amide bonds. The maximum atomic E-state index is 12.0. The Labute approximate surface area is 129 Å². The Kier molecular flexibility index (Phi) is 4.91. The van der Waals surface area contributed by atoms with E-state index in [1.807, 2.05) is 13.0 Å². The predicted molar refractivity (Wildman–Crippen MR) is 80.2 cm³/mol. The Morgan fingerprint density at radius 2 is 2.10 bits per heavy atom. The van der Waals surface area contributed by atoms with Gasteiger partial charge in [0.1, 0.15) is 6.61 Å². The van der Waals surface area contributed by atoms with Crippen molar-refractivity contribution in [3.8, 4) is 0 Å². The van der Waals surface area contributed by atoms with E-state index >= 15 is 0 Å². The van der Waals surface area contributed by atoms with Gasteiger partial charge in [0.2, 0.25) is 5.91 Å². The molecule has 1 saturated heterocycles. The third kappa shape index (κ3) is 3.85. The first kappa shape index (κ1) is 15.6. The van der Waals surface area contributed by atoms with Crippen LogP contribution in [0.3, 0.4) is 0 Å². The lowest BCUT2D eigenvalue weighted by molar-refractivity contribution is -0.145. The summed E-state index contributed by atoms with van der Waals surface area (Å²) in [5.74, 6) is -0.0517. The van der Waals surface area contributed by atoms with Gasteiger partial charge < -0.3 is 15.0 Å². The van der Waals surface area contributed by atoms with Crippen LogP contribution in [0.25, 0.3) is 0 Å². The van der Waals surface area contributed by atoms with Crippen molar-refractivity contribution in [2.75, 3.05) is 26.7 Å². The molecule has 0 bridgehead atoms. The van der Waals surface area contributed by atoms with E-state index in [1.165, 1.54) is 0 Å². The first-order chi connectivity index (χ1) is 9.39. The number of nitrogens with one attached hydrogen (secondary N) is 1. The topological polar surface area (TPSA) is 41.6 Å². The molecule has 2 rings (SSSR count). The number of nitrogens with zero attached hydrogens (tertiary/aromatic N) is 1. The Bertz CT molecular complexity index is 504. The summed E-state index contributed by atoms with van der Waals surface area (Å²) in [6, 6.07) is 5.36. The minimum Gasteiger partial charge on any atom is -0.363 e. The van der Waals surface area contributed by atoms with E-state index in [9.17, 15) is 4.79 Å². The molecule has 20 heavy (non-hydrogen) atoms. The number of hydrogen-bond acceptors (Lipinski definition) is 3. The molecule has 0 unspecified atom stereocenters. The zero-order valence-corrected chi connectivity index (χ0v) is 13.1. The Morgan fingerprint density at radius 3 is 2.65 bits per heavy atom. The number of benzene rings is 1. The summed E-state index contributed by atoms with van der Waals surface area (Å²) >= 11 is 11.8. The van der Waals surface area contributed by atoms with Gasteiger partial charge in [-0.15, -0.1) is 0 Å². The Hall–Kier alpha value is -0.810. The van der Waals surface area contributed by atoms with Gasteiger partial charge in [0.05, 0.1) is 15.6 Å². The van der Waals surface area contributed by atoms with Crippen LogP contribution >= 0.6 is 23.2 Å². The molecule has 1 aliphatic heterocycles. The molecule has 1 aromatic carbocycles. The molecule has 0 spiro atoms. The number of halogens is 2. The highest BCUT2D eigenvalue weighted by Gasteiger charge is 2.33. The van der Waals surface area contributed by atoms with Crippen molar-refractivity contribution in [3.63, 3.8) is 0 Å². The highest BCUT2D eigenvalue weighted by Crippen LogP contribution is 2.23. The number of amides is 1. The zero-order valence-electron chi connectivity index (χ0n) is 11.6. The van der Waals surface area contributed by atoms with Gasteiger partial charge in [-0.2, -0.15) is 0 Å². The lowest BCUT2D eigenvalue weighted by Gasteiger charge is -2.39. The van der Waals surface area contributed by atoms with E-state index < -0.39 is 0 Å². The van der Waals surface area contributed by atoms with Gasteiger partial charge in [0.15, 0.2) is 0 Å². The monoisotopic (exact) mass is 316 g/mol. The third-order valence-corrected chi connectivity index (χ3v) is 4.11. The van der Waals surface area contributed by atoms with Crippen molar-refractivity contribution >= 4 is 29.1 Å². The van der Waals surface area contributed by atoms with Crippen LogP contribution in [0.5, 0.6) is 0 Å². The molecule has 4 nitrogen and oxygen atoms in total. The second kappa shape index (κ2) is 6.31. The van der Waals surface area contributed by atoms with Crippen LogP contribution in [0.2, 0.25) is 10.0 Å². The summed E-state index contributed by atoms with van der Waals surface area (Å²) in [6.07, 6.45) is 0. The fourth-order valence-electron chi connectivity index (χ4n) is 1.93. The number of carbonyl (C=O) groups excluding carboxylic acids is 1. The Balaban J connectivity index is 1.85. The standard InChI is InChI=1S/C14H18Cl2N2O2/c1-14(8-17-9-14)20-7-13(19)18(2)6-10-3-4-11(15)12(16)5-10/h3-5,17H,6-9H2,1-2H3. The van der Waals surface area contributed by atoms with Gasteiger partial charge in [-0.1, -0.05) is 29.3 Å². The minimum atomic E-state index is -0.208. The van der Waals surface area contributed by atoms with E-state index in [0.717, 1.165) is 18.7 Å². The minimum absolute atomic E-state index is 0.0517. The van der Waals surface area contributed by atoms with Crippen molar-refractivity contribution in [1.29, 1.82) is 0 Å². The van der Waals surface area contributed by atoms with Crippen LogP contribution in [-0.2, 0) is 16.1 Å². The van der Waals surface area contributed by atoms with Gasteiger partial charge >= 0.3 is 0 Å². The average Bonchev–Trinajstić information content (AvgIpc) is 2.38. The SMILES string of the molecule is CN(Cc1ccc(Cl)c(Cl)c1)C(=O)COC1(C)CNC1. The highest BCUT2D eigenvalue weighted by molar-refractivity contribution is 6.42. The number of likely N-dealkylation sites (N-methyl/N-ethyl adjacent to an activating group) is 1. The van der Waals surface area contributed by atoms with Crippen LogP contribution in [0, 0.1) is 0 Å². The maximum absolute atomic E-state index is 12.0. The van der Waals surface area contributed by atoms with Crippen molar-refractivity contribution < 1.29 is 9.53 Å². The highest BCUT2D eigenvalue weighted by atomic mass is 35.5. The molecule has 110 valence electrons. The summed E-state index contributed by atoms with van der Waals surface area (Å²) in [5.41, 5.74) is 0.729. The fraction of sp³-hybridized carbons (Fsp3) is 0.500. The average molecular weight is 317 g/mol. The summed E-state index contributed by atoms with van der Waals surface area (Å²) in [7, 11) is 1.75. The van der Waals surface area contributed by atoms with E-state index in [1.54, 1.807) is 24.1 Å². The Morgan fingerprint density at radius 1 is 1.40 bits per heavy atom. The molecule has 1 heterocycles. The zero-order chi connectivity index (χ0) is 14.8. The summed E-state index contributed by atoms with van der Waals surface area (Å²) in [4.78, 5) is 13.6. The predicted octanol–water partition coefficient (Wildman–Crippen LogP) is 2.33. The molecule has 0 atom stereocenters. The number of ether oxygens (including phenoxy) is 1. The molecule has 6 heteroatoms. The summed E-state index contributed by atoms with van der Waals surface area (Å²) < 4.78 is 5.63. The van der Waals surface area contributed by atoms with E-state index in [0.29, 0.717) is 16.6 Å². The van der Waals surface area contributed by atoms with E-state index in [2.05, 4.69) is 5.32 Å². The van der Waals surface area contributed by atoms with Crippen LogP contribution in [-0.4, -0.2) is 43.2 Å². The molecule has 0 radical (unpaired) electrons. The lowest BCUT2D eigenvalue weighted by Crippen LogP contribution is -2.59. The molecule has 1 aliphatic rings. The number of hydrogen-bond donors (Lipinski definition) is 1. The summed E-state index contributed by atoms with van der Waals surface area (Å²) in [5, 5.41) is 4.14. The van der Waals surface area contributed by atoms with E-state index in [-0.39, 0.29) is 18.1 Å². The lowest BCUT2D eigenvalue weighted by atomic mass is 10.0. The van der Waals surface area contributed by atoms with Crippen LogP contribution < -0.4 is 5.32 Å². The van der Waals surface area contributed by atoms with E-state index in [4.69, 9.17) is 27.9 Å². The number of rotatable bonds is 5. The van der Waals surface area contributed by atoms with Crippen LogP contribution in [0.15, 0.2) is 18.2 Å². The molecule has 1 fully saturated rings. The van der Waals surface area contributed by atoms with Gasteiger partial charge in [0.25, 0.3) is 0 Å². The van der Waals surface area contributed by atoms with Gasteiger partial charge in [0, 0.05) is 26.7 Å². The normalized spacial score (nSPS) is 16.6. The van der Waals surface area contributed by atoms with Gasteiger partial charge in [-0.3, -0.25) is 4.79 Å². The molecule has 0 aliphatic carbocycles. The second-order valence-electron chi connectivity index (χ2n) is 5.34. The molecule has 1 N–H and O–H groups in total. The first-order valence-electron chi connectivity index (χ1n) is 6.42. The van der Waals surface area contributed by atoms with Crippen molar-refractivity contribution in [2.24, 2.45) is 0 Å². The van der Waals surface area contributed by atoms with Crippen molar-refractivity contribution in [3.05, 3.63) is 33.8 Å². The molecular formula is C14H18Cl2N2O2. The molecule has 0 aromatic heterocycles.